The molecule has 0 bridgehead atoms. The monoisotopic (exact) mass is 489 g/mol. The molecule has 7 nitrogen and oxygen atoms in total. The van der Waals surface area contributed by atoms with E-state index in [1.165, 1.54) is 48.5 Å². The highest BCUT2D eigenvalue weighted by Crippen LogP contribution is 2.32. The average Bonchev–Trinajstić information content (AvgIpc) is 2.92. The fourth-order valence-corrected chi connectivity index (χ4v) is 4.52. The maximum absolute atomic E-state index is 15.2. The third-order valence-electron chi connectivity index (χ3n) is 6.31. The first kappa shape index (κ1) is 25.0. The van der Waals surface area contributed by atoms with Gasteiger partial charge >= 0.3 is 5.97 Å². The normalized spacial score (nSPS) is 14.5. The van der Waals surface area contributed by atoms with E-state index in [-0.39, 0.29) is 28.6 Å². The number of hydrogen-bond donors (Lipinski definition) is 1. The largest absolute Gasteiger partial charge is 0.465 e. The first-order chi connectivity index (χ1) is 17.5. The molecule has 0 radical (unpaired) electrons. The van der Waals surface area contributed by atoms with E-state index < -0.39 is 29.6 Å². The van der Waals surface area contributed by atoms with E-state index in [1.54, 1.807) is 36.4 Å². The first-order valence-electron chi connectivity index (χ1n) is 12.0. The Hall–Kier alpha value is -4.07. The molecule has 0 aliphatic heterocycles. The van der Waals surface area contributed by atoms with Crippen LogP contribution in [0.15, 0.2) is 72.9 Å². The second kappa shape index (κ2) is 11.6. The van der Waals surface area contributed by atoms with Gasteiger partial charge in [0, 0.05) is 23.5 Å². The number of aromatic nitrogens is 1. The minimum absolute atomic E-state index is 0.0403. The van der Waals surface area contributed by atoms with Crippen LogP contribution >= 0.6 is 0 Å². The molecule has 186 valence electrons. The second-order valence-corrected chi connectivity index (χ2v) is 8.70. The van der Waals surface area contributed by atoms with Crippen LogP contribution in [-0.4, -0.2) is 35.9 Å². The van der Waals surface area contributed by atoms with Gasteiger partial charge in [-0.25, -0.2) is 9.18 Å². The lowest BCUT2D eigenvalue weighted by Crippen LogP contribution is -2.47. The van der Waals surface area contributed by atoms with Crippen molar-refractivity contribution in [1.82, 2.24) is 10.3 Å². The van der Waals surface area contributed by atoms with E-state index in [0.717, 1.165) is 32.1 Å². The number of hydrogen-bond acceptors (Lipinski definition) is 5. The first-order valence-corrected chi connectivity index (χ1v) is 12.0. The number of rotatable bonds is 7. The summed E-state index contributed by atoms with van der Waals surface area (Å²) in [6.45, 7) is 0. The van der Waals surface area contributed by atoms with Gasteiger partial charge < -0.3 is 10.1 Å². The van der Waals surface area contributed by atoms with Crippen molar-refractivity contribution in [2.45, 2.75) is 44.2 Å². The summed E-state index contributed by atoms with van der Waals surface area (Å²) in [5.74, 6) is -2.33. The Balaban J connectivity index is 1.85. The number of methoxy groups -OCH3 is 1. The molecule has 3 aromatic rings. The van der Waals surface area contributed by atoms with Crippen LogP contribution in [0.4, 0.5) is 10.1 Å². The Kier molecular flexibility index (Phi) is 8.05. The van der Waals surface area contributed by atoms with E-state index >= 15 is 4.39 Å². The summed E-state index contributed by atoms with van der Waals surface area (Å²) < 4.78 is 20.0. The fraction of sp³-hybridized carbons (Fsp3) is 0.286. The molecular weight excluding hydrogens is 461 g/mol. The van der Waals surface area contributed by atoms with Gasteiger partial charge in [0.05, 0.1) is 12.7 Å². The highest BCUT2D eigenvalue weighted by Gasteiger charge is 2.36. The topological polar surface area (TPSA) is 88.6 Å². The quantitative estimate of drug-likeness (QED) is 0.480. The van der Waals surface area contributed by atoms with Crippen LogP contribution in [0.25, 0.3) is 0 Å². The number of carbonyl (C=O) groups is 3. The predicted octanol–water partition coefficient (Wildman–Crippen LogP) is 4.84. The summed E-state index contributed by atoms with van der Waals surface area (Å²) in [6.07, 6.45) is 6.20. The van der Waals surface area contributed by atoms with Crippen molar-refractivity contribution in [3.05, 3.63) is 95.6 Å². The van der Waals surface area contributed by atoms with Gasteiger partial charge in [-0.2, -0.15) is 0 Å². The van der Waals surface area contributed by atoms with Crippen LogP contribution in [0.1, 0.15) is 64.6 Å². The zero-order chi connectivity index (χ0) is 25.5. The molecule has 0 unspecified atom stereocenters. The van der Waals surface area contributed by atoms with E-state index in [0.29, 0.717) is 0 Å². The van der Waals surface area contributed by atoms with Crippen molar-refractivity contribution in [3.63, 3.8) is 0 Å². The number of pyridine rings is 1. The number of benzene rings is 2. The van der Waals surface area contributed by atoms with Crippen molar-refractivity contribution in [3.8, 4) is 0 Å². The minimum atomic E-state index is -1.34. The molecule has 1 aromatic heterocycles. The lowest BCUT2D eigenvalue weighted by atomic mass is 9.94. The zero-order valence-electron chi connectivity index (χ0n) is 20.0. The average molecular weight is 490 g/mol. The zero-order valence-corrected chi connectivity index (χ0v) is 20.0. The van der Waals surface area contributed by atoms with Crippen molar-refractivity contribution in [2.75, 3.05) is 12.0 Å². The number of amides is 2. The van der Waals surface area contributed by atoms with Crippen molar-refractivity contribution >= 4 is 23.5 Å². The molecule has 1 heterocycles. The van der Waals surface area contributed by atoms with Crippen LogP contribution in [0.2, 0.25) is 0 Å². The summed E-state index contributed by atoms with van der Waals surface area (Å²) in [7, 11) is 1.26. The Morgan fingerprint density at radius 1 is 1.00 bits per heavy atom. The van der Waals surface area contributed by atoms with Crippen LogP contribution in [0.3, 0.4) is 0 Å². The SMILES string of the molecule is COC(=O)c1cccc(N(C(=O)c2ccccn2)[C@H](C(=O)NC2CCCCC2)c2ccccc2F)c1. The molecule has 2 amide bonds. The number of halogens is 1. The molecule has 8 heteroatoms. The molecule has 36 heavy (non-hydrogen) atoms. The van der Waals surface area contributed by atoms with Gasteiger partial charge in [0.25, 0.3) is 5.91 Å². The van der Waals surface area contributed by atoms with Gasteiger partial charge in [-0.3, -0.25) is 19.5 Å². The molecule has 1 aliphatic rings. The lowest BCUT2D eigenvalue weighted by Gasteiger charge is -2.33. The minimum Gasteiger partial charge on any atom is -0.465 e. The summed E-state index contributed by atoms with van der Waals surface area (Å²) in [4.78, 5) is 45.3. The molecular formula is C28H28FN3O4. The number of nitrogens with zero attached hydrogens (tertiary/aromatic N) is 2. The van der Waals surface area contributed by atoms with Crippen LogP contribution in [0, 0.1) is 5.82 Å². The number of nitrogens with one attached hydrogen (secondary N) is 1. The third-order valence-corrected chi connectivity index (χ3v) is 6.31. The molecule has 0 spiro atoms. The maximum Gasteiger partial charge on any atom is 0.337 e. The number of esters is 1. The Labute approximate surface area is 209 Å². The number of anilines is 1. The van der Waals surface area contributed by atoms with Gasteiger partial charge in [0.2, 0.25) is 5.91 Å². The maximum atomic E-state index is 15.2. The standard InChI is InChI=1S/C28H28FN3O4/c1-36-28(35)19-10-9-13-21(18-19)32(27(34)24-16-7-8-17-30-24)25(22-14-5-6-15-23(22)29)26(33)31-20-11-3-2-4-12-20/h5-10,13-18,20,25H,2-4,11-12H2,1H3,(H,31,33)/t25-/m0/s1. The van der Waals surface area contributed by atoms with E-state index in [2.05, 4.69) is 10.3 Å². The van der Waals surface area contributed by atoms with E-state index in [4.69, 9.17) is 4.74 Å². The van der Waals surface area contributed by atoms with Crippen LogP contribution in [-0.2, 0) is 9.53 Å². The number of ether oxygens (including phenoxy) is 1. The molecule has 1 aliphatic carbocycles. The van der Waals surface area contributed by atoms with Crippen molar-refractivity contribution < 1.29 is 23.5 Å². The van der Waals surface area contributed by atoms with Gasteiger partial charge in [-0.15, -0.1) is 0 Å². The van der Waals surface area contributed by atoms with Gasteiger partial charge in [0.15, 0.2) is 0 Å². The highest BCUT2D eigenvalue weighted by molar-refractivity contribution is 6.09. The molecule has 1 fully saturated rings. The Morgan fingerprint density at radius 2 is 1.75 bits per heavy atom. The van der Waals surface area contributed by atoms with Gasteiger partial charge in [-0.1, -0.05) is 49.6 Å². The fourth-order valence-electron chi connectivity index (χ4n) is 4.52. The van der Waals surface area contributed by atoms with Gasteiger partial charge in [0.1, 0.15) is 17.6 Å². The molecule has 2 aromatic carbocycles. The summed E-state index contributed by atoms with van der Waals surface area (Å²) in [5, 5.41) is 3.04. The Bertz CT molecular complexity index is 1230. The molecule has 4 rings (SSSR count). The van der Waals surface area contributed by atoms with Crippen molar-refractivity contribution in [1.29, 1.82) is 0 Å². The Morgan fingerprint density at radius 3 is 2.44 bits per heavy atom. The van der Waals surface area contributed by atoms with Gasteiger partial charge in [-0.05, 0) is 49.2 Å². The molecule has 0 saturated heterocycles. The smallest absolute Gasteiger partial charge is 0.337 e. The van der Waals surface area contributed by atoms with E-state index in [1.807, 2.05) is 0 Å². The second-order valence-electron chi connectivity index (χ2n) is 8.70. The van der Waals surface area contributed by atoms with E-state index in [9.17, 15) is 14.4 Å². The van der Waals surface area contributed by atoms with Crippen LogP contribution < -0.4 is 10.2 Å². The molecule has 1 saturated carbocycles. The third kappa shape index (κ3) is 5.59. The summed E-state index contributed by atoms with van der Waals surface area (Å²) in [5.41, 5.74) is 0.542. The highest BCUT2D eigenvalue weighted by atomic mass is 19.1. The predicted molar refractivity (Wildman–Crippen MR) is 133 cm³/mol. The summed E-state index contributed by atoms with van der Waals surface area (Å²) in [6, 6.07) is 15.5. The number of carbonyl (C=O) groups excluding carboxylic acids is 3. The van der Waals surface area contributed by atoms with Crippen molar-refractivity contribution in [2.24, 2.45) is 0 Å². The van der Waals surface area contributed by atoms with Crippen LogP contribution in [0.5, 0.6) is 0 Å². The summed E-state index contributed by atoms with van der Waals surface area (Å²) >= 11 is 0. The molecule has 1 atom stereocenters. The molecule has 1 N–H and O–H groups in total. The lowest BCUT2D eigenvalue weighted by molar-refractivity contribution is -0.123.